The normalized spacial score (nSPS) is 24.1. The zero-order valence-electron chi connectivity index (χ0n) is 11.6. The number of hydrogen-bond donors (Lipinski definition) is 0. The van der Waals surface area contributed by atoms with Crippen LogP contribution in [0.5, 0.6) is 11.5 Å². The van der Waals surface area contributed by atoms with Crippen LogP contribution in [0, 0.1) is 5.41 Å². The average molecular weight is 270 g/mol. The molecule has 0 N–H and O–H groups in total. The molecule has 0 bridgehead atoms. The molecule has 1 aliphatic heterocycles. The first kappa shape index (κ1) is 13.0. The lowest BCUT2D eigenvalue weighted by Crippen LogP contribution is -2.36. The molecular weight excluding hydrogens is 252 g/mol. The monoisotopic (exact) mass is 270 g/mol. The molecule has 3 rings (SSSR count). The van der Waals surface area contributed by atoms with Gasteiger partial charge in [0, 0.05) is 17.9 Å². The highest BCUT2D eigenvalue weighted by Gasteiger charge is 2.42. The van der Waals surface area contributed by atoms with Crippen molar-refractivity contribution >= 4 is 5.78 Å². The molecule has 3 heteroatoms. The van der Waals surface area contributed by atoms with Crippen molar-refractivity contribution in [2.24, 2.45) is 5.41 Å². The molecule has 0 saturated heterocycles. The van der Waals surface area contributed by atoms with Gasteiger partial charge in [-0.05, 0) is 43.0 Å². The molecule has 2 aliphatic rings. The SMILES string of the molecule is C=CCC12CCC(=O)C=C1Oc1ccc(OC)cc1C2. The molecule has 104 valence electrons. The Hall–Kier alpha value is -2.03. The molecule has 1 aromatic rings. The van der Waals surface area contributed by atoms with Crippen LogP contribution in [0.25, 0.3) is 0 Å². The van der Waals surface area contributed by atoms with Gasteiger partial charge in [-0.15, -0.1) is 6.58 Å². The predicted octanol–water partition coefficient (Wildman–Crippen LogP) is 3.44. The third-order valence-corrected chi connectivity index (χ3v) is 4.22. The molecule has 0 spiro atoms. The van der Waals surface area contributed by atoms with Crippen molar-refractivity contribution in [3.63, 3.8) is 0 Å². The van der Waals surface area contributed by atoms with Gasteiger partial charge < -0.3 is 9.47 Å². The van der Waals surface area contributed by atoms with Crippen LogP contribution in [0.15, 0.2) is 42.7 Å². The van der Waals surface area contributed by atoms with E-state index in [0.29, 0.717) is 6.42 Å². The molecule has 0 radical (unpaired) electrons. The van der Waals surface area contributed by atoms with Crippen molar-refractivity contribution in [2.45, 2.75) is 25.7 Å². The smallest absolute Gasteiger partial charge is 0.159 e. The Labute approximate surface area is 118 Å². The van der Waals surface area contributed by atoms with E-state index in [4.69, 9.17) is 9.47 Å². The minimum Gasteiger partial charge on any atom is -0.497 e. The predicted molar refractivity (Wildman–Crippen MR) is 76.9 cm³/mol. The number of allylic oxidation sites excluding steroid dienone is 3. The quantitative estimate of drug-likeness (QED) is 0.789. The van der Waals surface area contributed by atoms with Crippen LogP contribution in [-0.4, -0.2) is 12.9 Å². The van der Waals surface area contributed by atoms with E-state index in [9.17, 15) is 4.79 Å². The summed E-state index contributed by atoms with van der Waals surface area (Å²) in [4.78, 5) is 11.7. The van der Waals surface area contributed by atoms with Crippen LogP contribution in [-0.2, 0) is 11.2 Å². The molecule has 1 aliphatic carbocycles. The Bertz CT molecular complexity index is 600. The number of rotatable bonds is 3. The van der Waals surface area contributed by atoms with Crippen LogP contribution in [0.1, 0.15) is 24.8 Å². The number of carbonyl (C=O) groups excluding carboxylic acids is 1. The van der Waals surface area contributed by atoms with Gasteiger partial charge in [0.1, 0.15) is 17.3 Å². The maximum Gasteiger partial charge on any atom is 0.159 e. The summed E-state index contributed by atoms with van der Waals surface area (Å²) in [6.45, 7) is 3.86. The van der Waals surface area contributed by atoms with Crippen molar-refractivity contribution < 1.29 is 14.3 Å². The van der Waals surface area contributed by atoms with E-state index >= 15 is 0 Å². The van der Waals surface area contributed by atoms with Crippen molar-refractivity contribution in [1.82, 2.24) is 0 Å². The Morgan fingerprint density at radius 2 is 2.35 bits per heavy atom. The molecule has 0 aromatic heterocycles. The van der Waals surface area contributed by atoms with Crippen LogP contribution in [0.2, 0.25) is 0 Å². The standard InChI is InChI=1S/C17H18O3/c1-3-7-17-8-6-13(18)10-16(17)20-15-5-4-14(19-2)9-12(15)11-17/h3-5,9-10H,1,6-8,11H2,2H3. The largest absolute Gasteiger partial charge is 0.497 e. The molecule has 1 atom stereocenters. The second kappa shape index (κ2) is 4.82. The molecular formula is C17H18O3. The molecule has 0 fully saturated rings. The average Bonchev–Trinajstić information content (AvgIpc) is 2.45. The molecule has 0 saturated carbocycles. The minimum absolute atomic E-state index is 0.116. The lowest BCUT2D eigenvalue weighted by Gasteiger charge is -2.41. The summed E-state index contributed by atoms with van der Waals surface area (Å²) in [5, 5.41) is 0. The molecule has 0 amide bonds. The van der Waals surface area contributed by atoms with Gasteiger partial charge in [-0.25, -0.2) is 0 Å². The first-order valence-electron chi connectivity index (χ1n) is 6.87. The zero-order valence-corrected chi connectivity index (χ0v) is 11.6. The maximum absolute atomic E-state index is 11.7. The van der Waals surface area contributed by atoms with Gasteiger partial charge in [-0.2, -0.15) is 0 Å². The highest BCUT2D eigenvalue weighted by Crippen LogP contribution is 2.49. The summed E-state index contributed by atoms with van der Waals surface area (Å²) in [5.41, 5.74) is 1.02. The van der Waals surface area contributed by atoms with E-state index < -0.39 is 0 Å². The van der Waals surface area contributed by atoms with Gasteiger partial charge in [0.05, 0.1) is 7.11 Å². The second-order valence-electron chi connectivity index (χ2n) is 5.50. The van der Waals surface area contributed by atoms with E-state index in [2.05, 4.69) is 6.58 Å². The Morgan fingerprint density at radius 1 is 1.50 bits per heavy atom. The Kier molecular flexibility index (Phi) is 3.13. The van der Waals surface area contributed by atoms with Gasteiger partial charge in [-0.1, -0.05) is 6.08 Å². The van der Waals surface area contributed by atoms with Gasteiger partial charge in [0.15, 0.2) is 5.78 Å². The van der Waals surface area contributed by atoms with E-state index in [1.165, 1.54) is 0 Å². The summed E-state index contributed by atoms with van der Waals surface area (Å²) < 4.78 is 11.3. The lowest BCUT2D eigenvalue weighted by atomic mass is 9.69. The lowest BCUT2D eigenvalue weighted by molar-refractivity contribution is -0.116. The summed E-state index contributed by atoms with van der Waals surface area (Å²) in [7, 11) is 1.66. The fourth-order valence-corrected chi connectivity index (χ4v) is 3.13. The first-order chi connectivity index (χ1) is 9.66. The van der Waals surface area contributed by atoms with Crippen LogP contribution in [0.3, 0.4) is 0 Å². The fourth-order valence-electron chi connectivity index (χ4n) is 3.13. The molecule has 1 unspecified atom stereocenters. The molecule has 20 heavy (non-hydrogen) atoms. The number of hydrogen-bond acceptors (Lipinski definition) is 3. The van der Waals surface area contributed by atoms with Gasteiger partial charge in [-0.3, -0.25) is 4.79 Å². The summed E-state index contributed by atoms with van der Waals surface area (Å²) in [6.07, 6.45) is 6.67. The topological polar surface area (TPSA) is 35.5 Å². The van der Waals surface area contributed by atoms with E-state index in [1.807, 2.05) is 24.3 Å². The zero-order chi connectivity index (χ0) is 14.2. The third-order valence-electron chi connectivity index (χ3n) is 4.22. The first-order valence-corrected chi connectivity index (χ1v) is 6.87. The fraction of sp³-hybridized carbons (Fsp3) is 0.353. The highest BCUT2D eigenvalue weighted by atomic mass is 16.5. The Balaban J connectivity index is 2.06. The van der Waals surface area contributed by atoms with E-state index in [1.54, 1.807) is 13.2 Å². The number of ketones is 1. The second-order valence-corrected chi connectivity index (χ2v) is 5.50. The third kappa shape index (κ3) is 2.03. The van der Waals surface area contributed by atoms with Crippen LogP contribution in [0.4, 0.5) is 0 Å². The van der Waals surface area contributed by atoms with Crippen molar-refractivity contribution in [2.75, 3.05) is 7.11 Å². The van der Waals surface area contributed by atoms with Crippen molar-refractivity contribution in [3.05, 3.63) is 48.3 Å². The number of fused-ring (bicyclic) bond motifs is 2. The van der Waals surface area contributed by atoms with E-state index in [0.717, 1.165) is 42.1 Å². The number of methoxy groups -OCH3 is 1. The summed E-state index contributed by atoms with van der Waals surface area (Å²) in [5.74, 6) is 2.61. The Morgan fingerprint density at radius 3 is 3.10 bits per heavy atom. The number of benzene rings is 1. The van der Waals surface area contributed by atoms with Crippen molar-refractivity contribution in [3.8, 4) is 11.5 Å². The minimum atomic E-state index is -0.116. The van der Waals surface area contributed by atoms with Gasteiger partial charge in [0.2, 0.25) is 0 Å². The molecule has 3 nitrogen and oxygen atoms in total. The van der Waals surface area contributed by atoms with E-state index in [-0.39, 0.29) is 11.2 Å². The van der Waals surface area contributed by atoms with Crippen molar-refractivity contribution in [1.29, 1.82) is 0 Å². The van der Waals surface area contributed by atoms with Gasteiger partial charge >= 0.3 is 0 Å². The maximum atomic E-state index is 11.7. The van der Waals surface area contributed by atoms with Crippen LogP contribution < -0.4 is 9.47 Å². The number of carbonyl (C=O) groups is 1. The van der Waals surface area contributed by atoms with Crippen LogP contribution >= 0.6 is 0 Å². The van der Waals surface area contributed by atoms with Gasteiger partial charge in [0.25, 0.3) is 0 Å². The summed E-state index contributed by atoms with van der Waals surface area (Å²) in [6, 6.07) is 5.81. The molecule has 1 heterocycles. The number of ether oxygens (including phenoxy) is 2. The summed E-state index contributed by atoms with van der Waals surface area (Å²) >= 11 is 0. The molecule has 1 aromatic carbocycles. The highest BCUT2D eigenvalue weighted by molar-refractivity contribution is 5.91.